The zero-order valence-electron chi connectivity index (χ0n) is 10.0. The van der Waals surface area contributed by atoms with Gasteiger partial charge in [-0.2, -0.15) is 0 Å². The number of carboxylic acids is 1. The smallest absolute Gasteiger partial charge is 0.308 e. The summed E-state index contributed by atoms with van der Waals surface area (Å²) in [6.45, 7) is 2.32. The Labute approximate surface area is 119 Å². The summed E-state index contributed by atoms with van der Waals surface area (Å²) in [5, 5.41) is 16.2. The van der Waals surface area contributed by atoms with Gasteiger partial charge in [0, 0.05) is 13.1 Å². The second-order valence-corrected chi connectivity index (χ2v) is 5.25. The average molecular weight is 304 g/mol. The summed E-state index contributed by atoms with van der Waals surface area (Å²) >= 11 is 11.5. The summed E-state index contributed by atoms with van der Waals surface area (Å²) in [4.78, 5) is 24.7. The average Bonchev–Trinajstić information content (AvgIpc) is 2.74. The number of halogens is 2. The Hall–Kier alpha value is -1.40. The van der Waals surface area contributed by atoms with Crippen molar-refractivity contribution in [1.29, 1.82) is 0 Å². The number of likely N-dealkylation sites (tertiary alicyclic amines) is 1. The normalized spacial score (nSPS) is 22.6. The summed E-state index contributed by atoms with van der Waals surface area (Å²) < 4.78 is 0. The second kappa shape index (κ2) is 5.30. The maximum absolute atomic E-state index is 12.3. The molecule has 2 atom stereocenters. The van der Waals surface area contributed by atoms with Crippen LogP contribution in [0.2, 0.25) is 10.3 Å². The topological polar surface area (TPSA) is 83.4 Å². The Bertz CT molecular complexity index is 538. The van der Waals surface area contributed by atoms with Crippen LogP contribution in [-0.4, -0.2) is 45.2 Å². The second-order valence-electron chi connectivity index (χ2n) is 4.50. The summed E-state index contributed by atoms with van der Waals surface area (Å²) in [5.74, 6) is -1.95. The third kappa shape index (κ3) is 2.79. The van der Waals surface area contributed by atoms with Crippen molar-refractivity contribution >= 4 is 35.1 Å². The van der Waals surface area contributed by atoms with E-state index in [-0.39, 0.29) is 34.2 Å². The molecule has 1 aliphatic heterocycles. The van der Waals surface area contributed by atoms with Crippen LogP contribution in [0, 0.1) is 11.8 Å². The fraction of sp³-hybridized carbons (Fsp3) is 0.455. The van der Waals surface area contributed by atoms with Gasteiger partial charge in [0.25, 0.3) is 5.91 Å². The van der Waals surface area contributed by atoms with Crippen molar-refractivity contribution in [3.63, 3.8) is 0 Å². The number of aromatic nitrogens is 2. The van der Waals surface area contributed by atoms with Crippen molar-refractivity contribution < 1.29 is 14.7 Å². The molecule has 0 aromatic carbocycles. The molecule has 2 heterocycles. The van der Waals surface area contributed by atoms with E-state index in [2.05, 4.69) is 10.2 Å². The maximum Gasteiger partial charge on any atom is 0.308 e. The molecule has 1 aromatic heterocycles. The van der Waals surface area contributed by atoms with E-state index in [1.807, 2.05) is 0 Å². The first-order valence-electron chi connectivity index (χ1n) is 5.61. The van der Waals surface area contributed by atoms with Crippen LogP contribution in [0.3, 0.4) is 0 Å². The number of amides is 1. The third-order valence-corrected chi connectivity index (χ3v) is 3.63. The number of aliphatic carboxylic acids is 1. The minimum absolute atomic E-state index is 0.0409. The van der Waals surface area contributed by atoms with Gasteiger partial charge >= 0.3 is 5.97 Å². The standard InChI is InChI=1S/C11H11Cl2N3O3/c1-5-3-16(4-7(5)11(18)19)10(17)6-2-8(12)14-15-9(6)13/h2,5,7H,3-4H2,1H3,(H,18,19). The Morgan fingerprint density at radius 2 is 2.05 bits per heavy atom. The monoisotopic (exact) mass is 303 g/mol. The molecule has 1 fully saturated rings. The van der Waals surface area contributed by atoms with Crippen molar-refractivity contribution in [2.45, 2.75) is 6.92 Å². The van der Waals surface area contributed by atoms with Crippen molar-refractivity contribution in [1.82, 2.24) is 15.1 Å². The van der Waals surface area contributed by atoms with E-state index in [4.69, 9.17) is 28.3 Å². The first-order valence-corrected chi connectivity index (χ1v) is 6.36. The summed E-state index contributed by atoms with van der Waals surface area (Å²) in [6, 6.07) is 1.33. The lowest BCUT2D eigenvalue weighted by molar-refractivity contribution is -0.142. The number of rotatable bonds is 2. The van der Waals surface area contributed by atoms with Crippen LogP contribution in [0.5, 0.6) is 0 Å². The van der Waals surface area contributed by atoms with E-state index >= 15 is 0 Å². The highest BCUT2D eigenvalue weighted by molar-refractivity contribution is 6.34. The van der Waals surface area contributed by atoms with Crippen molar-refractivity contribution in [2.24, 2.45) is 11.8 Å². The molecule has 0 radical (unpaired) electrons. The lowest BCUT2D eigenvalue weighted by Gasteiger charge is -2.16. The molecule has 0 spiro atoms. The summed E-state index contributed by atoms with van der Waals surface area (Å²) in [5.41, 5.74) is 0.139. The van der Waals surface area contributed by atoms with Crippen LogP contribution >= 0.6 is 23.2 Å². The van der Waals surface area contributed by atoms with Gasteiger partial charge in [-0.25, -0.2) is 0 Å². The van der Waals surface area contributed by atoms with Crippen LogP contribution in [0.1, 0.15) is 17.3 Å². The molecule has 8 heteroatoms. The van der Waals surface area contributed by atoms with Gasteiger partial charge in [0.15, 0.2) is 10.3 Å². The third-order valence-electron chi connectivity index (χ3n) is 3.17. The maximum atomic E-state index is 12.3. The quantitative estimate of drug-likeness (QED) is 0.896. The predicted molar refractivity (Wildman–Crippen MR) is 68.2 cm³/mol. The zero-order chi connectivity index (χ0) is 14.2. The zero-order valence-corrected chi connectivity index (χ0v) is 11.5. The molecule has 1 saturated heterocycles. The van der Waals surface area contributed by atoms with Crippen LogP contribution in [0.4, 0.5) is 0 Å². The largest absolute Gasteiger partial charge is 0.481 e. The number of carbonyl (C=O) groups is 2. The molecular formula is C11H11Cl2N3O3. The number of carbonyl (C=O) groups excluding carboxylic acids is 1. The summed E-state index contributed by atoms with van der Waals surface area (Å²) in [7, 11) is 0. The Kier molecular flexibility index (Phi) is 3.91. The van der Waals surface area contributed by atoms with E-state index in [0.717, 1.165) is 0 Å². The Morgan fingerprint density at radius 1 is 1.37 bits per heavy atom. The van der Waals surface area contributed by atoms with Gasteiger partial charge in [0.05, 0.1) is 11.5 Å². The molecule has 0 aliphatic carbocycles. The van der Waals surface area contributed by atoms with Crippen LogP contribution in [-0.2, 0) is 4.79 Å². The van der Waals surface area contributed by atoms with Crippen LogP contribution < -0.4 is 0 Å². The highest BCUT2D eigenvalue weighted by Gasteiger charge is 2.37. The molecule has 2 unspecified atom stereocenters. The van der Waals surface area contributed by atoms with Crippen molar-refractivity contribution in [3.8, 4) is 0 Å². The Morgan fingerprint density at radius 3 is 2.63 bits per heavy atom. The molecule has 0 bridgehead atoms. The van der Waals surface area contributed by atoms with Gasteiger partial charge < -0.3 is 10.0 Å². The molecule has 1 amide bonds. The Balaban J connectivity index is 2.22. The molecule has 19 heavy (non-hydrogen) atoms. The van der Waals surface area contributed by atoms with Gasteiger partial charge in [-0.3, -0.25) is 9.59 Å². The number of hydrogen-bond acceptors (Lipinski definition) is 4. The van der Waals surface area contributed by atoms with Crippen molar-refractivity contribution in [3.05, 3.63) is 21.9 Å². The molecule has 1 aromatic rings. The molecular weight excluding hydrogens is 293 g/mol. The van der Waals surface area contributed by atoms with E-state index < -0.39 is 11.9 Å². The minimum atomic E-state index is -0.903. The lowest BCUT2D eigenvalue weighted by Crippen LogP contribution is -2.30. The van der Waals surface area contributed by atoms with Crippen molar-refractivity contribution in [2.75, 3.05) is 13.1 Å². The van der Waals surface area contributed by atoms with E-state index in [9.17, 15) is 9.59 Å². The van der Waals surface area contributed by atoms with Crippen LogP contribution in [0.15, 0.2) is 6.07 Å². The summed E-state index contributed by atoms with van der Waals surface area (Å²) in [6.07, 6.45) is 0. The number of hydrogen-bond donors (Lipinski definition) is 1. The fourth-order valence-corrected chi connectivity index (χ4v) is 2.45. The van der Waals surface area contributed by atoms with E-state index in [0.29, 0.717) is 6.54 Å². The minimum Gasteiger partial charge on any atom is -0.481 e. The highest BCUT2D eigenvalue weighted by atomic mass is 35.5. The van der Waals surface area contributed by atoms with E-state index in [1.165, 1.54) is 11.0 Å². The lowest BCUT2D eigenvalue weighted by atomic mass is 9.99. The first kappa shape index (κ1) is 14.0. The van der Waals surface area contributed by atoms with Gasteiger partial charge in [-0.05, 0) is 12.0 Å². The first-order chi connectivity index (χ1) is 8.90. The fourth-order valence-electron chi connectivity index (χ4n) is 2.13. The SMILES string of the molecule is CC1CN(C(=O)c2cc(Cl)nnc2Cl)CC1C(=O)O. The molecule has 6 nitrogen and oxygen atoms in total. The van der Waals surface area contributed by atoms with Gasteiger partial charge in [-0.1, -0.05) is 30.1 Å². The molecule has 0 saturated carbocycles. The van der Waals surface area contributed by atoms with Crippen LogP contribution in [0.25, 0.3) is 0 Å². The van der Waals surface area contributed by atoms with Gasteiger partial charge in [0.1, 0.15) is 0 Å². The van der Waals surface area contributed by atoms with E-state index in [1.54, 1.807) is 6.92 Å². The molecule has 1 N–H and O–H groups in total. The number of nitrogens with zero attached hydrogens (tertiary/aromatic N) is 3. The molecule has 1 aliphatic rings. The molecule has 2 rings (SSSR count). The van der Waals surface area contributed by atoms with Gasteiger partial charge in [0.2, 0.25) is 0 Å². The number of carboxylic acid groups (broad SMARTS) is 1. The molecule has 102 valence electrons. The predicted octanol–water partition coefficient (Wildman–Crippen LogP) is 1.58. The highest BCUT2D eigenvalue weighted by Crippen LogP contribution is 2.26. The van der Waals surface area contributed by atoms with Gasteiger partial charge in [-0.15, -0.1) is 10.2 Å².